The predicted octanol–water partition coefficient (Wildman–Crippen LogP) is 3.45. The molecule has 0 aromatic heterocycles. The van der Waals surface area contributed by atoms with Gasteiger partial charge in [0.05, 0.1) is 16.6 Å². The van der Waals surface area contributed by atoms with Crippen LogP contribution in [0.25, 0.3) is 0 Å². The molecule has 2 N–H and O–H groups in total. The molecule has 2 rings (SSSR count). The van der Waals surface area contributed by atoms with Gasteiger partial charge in [-0.3, -0.25) is 24.5 Å². The van der Waals surface area contributed by atoms with Crippen molar-refractivity contribution in [3.05, 3.63) is 64.2 Å². The van der Waals surface area contributed by atoms with E-state index >= 15 is 0 Å². The lowest BCUT2D eigenvalue weighted by molar-refractivity contribution is -0.384. The van der Waals surface area contributed by atoms with Crippen molar-refractivity contribution < 1.29 is 33.6 Å². The SMILES string of the molecule is CC(C)OC(=O)c1ccc(NC(=O)CCCC(=O)OCC(=O)Nc2cccc([N+](=O)[O-])c2)cc1. The Morgan fingerprint density at radius 1 is 0.941 bits per heavy atom. The molecule has 34 heavy (non-hydrogen) atoms. The number of non-ortho nitro benzene ring substituents is 1. The number of ether oxygens (including phenoxy) is 2. The highest BCUT2D eigenvalue weighted by atomic mass is 16.6. The maximum absolute atomic E-state index is 12.0. The van der Waals surface area contributed by atoms with Crippen molar-refractivity contribution in [1.29, 1.82) is 0 Å². The lowest BCUT2D eigenvalue weighted by atomic mass is 10.2. The molecule has 2 aromatic carbocycles. The topological polar surface area (TPSA) is 154 Å². The molecule has 0 bridgehead atoms. The van der Waals surface area contributed by atoms with E-state index in [1.807, 2.05) is 0 Å². The van der Waals surface area contributed by atoms with Crippen molar-refractivity contribution in [2.45, 2.75) is 39.2 Å². The number of hydrogen-bond acceptors (Lipinski definition) is 8. The number of carbonyl (C=O) groups is 4. The van der Waals surface area contributed by atoms with Gasteiger partial charge in [0.2, 0.25) is 5.91 Å². The number of carbonyl (C=O) groups excluding carboxylic acids is 4. The maximum Gasteiger partial charge on any atom is 0.338 e. The van der Waals surface area contributed by atoms with Crippen LogP contribution in [0.4, 0.5) is 17.1 Å². The Morgan fingerprint density at radius 3 is 2.26 bits per heavy atom. The van der Waals surface area contributed by atoms with Gasteiger partial charge in [0.25, 0.3) is 11.6 Å². The lowest BCUT2D eigenvalue weighted by Crippen LogP contribution is -2.21. The largest absolute Gasteiger partial charge is 0.459 e. The minimum absolute atomic E-state index is 0.0477. The second-order valence-electron chi connectivity index (χ2n) is 7.45. The van der Waals surface area contributed by atoms with Gasteiger partial charge in [0.1, 0.15) is 0 Å². The van der Waals surface area contributed by atoms with Crippen LogP contribution in [-0.2, 0) is 23.9 Å². The van der Waals surface area contributed by atoms with E-state index in [0.717, 1.165) is 0 Å². The van der Waals surface area contributed by atoms with Gasteiger partial charge < -0.3 is 20.1 Å². The van der Waals surface area contributed by atoms with Gasteiger partial charge in [-0.2, -0.15) is 0 Å². The quantitative estimate of drug-likeness (QED) is 0.287. The fraction of sp³-hybridized carbons (Fsp3) is 0.304. The molecule has 0 atom stereocenters. The number of amides is 2. The third-order valence-corrected chi connectivity index (χ3v) is 4.24. The van der Waals surface area contributed by atoms with Crippen molar-refractivity contribution in [1.82, 2.24) is 0 Å². The van der Waals surface area contributed by atoms with Crippen LogP contribution < -0.4 is 10.6 Å². The zero-order chi connectivity index (χ0) is 25.1. The monoisotopic (exact) mass is 471 g/mol. The predicted molar refractivity (Wildman–Crippen MR) is 122 cm³/mol. The molecule has 0 radical (unpaired) electrons. The average molecular weight is 471 g/mol. The summed E-state index contributed by atoms with van der Waals surface area (Å²) in [6, 6.07) is 11.6. The number of nitro benzene ring substituents is 1. The van der Waals surface area contributed by atoms with Gasteiger partial charge in [0.15, 0.2) is 6.61 Å². The summed E-state index contributed by atoms with van der Waals surface area (Å²) >= 11 is 0. The molecule has 2 aromatic rings. The molecular weight excluding hydrogens is 446 g/mol. The van der Waals surface area contributed by atoms with Crippen LogP contribution in [0.3, 0.4) is 0 Å². The summed E-state index contributed by atoms with van der Waals surface area (Å²) < 4.78 is 9.95. The van der Waals surface area contributed by atoms with Crippen LogP contribution in [0.15, 0.2) is 48.5 Å². The van der Waals surface area contributed by atoms with Crippen LogP contribution in [0.1, 0.15) is 43.5 Å². The van der Waals surface area contributed by atoms with E-state index in [9.17, 15) is 29.3 Å². The van der Waals surface area contributed by atoms with Crippen LogP contribution in [0.5, 0.6) is 0 Å². The molecular formula is C23H25N3O8. The van der Waals surface area contributed by atoms with Crippen LogP contribution in [0.2, 0.25) is 0 Å². The Hall–Kier alpha value is -4.28. The zero-order valence-electron chi connectivity index (χ0n) is 18.7. The number of nitrogens with zero attached hydrogens (tertiary/aromatic N) is 1. The summed E-state index contributed by atoms with van der Waals surface area (Å²) in [5.74, 6) is -2.08. The van der Waals surface area contributed by atoms with Gasteiger partial charge in [0, 0.05) is 36.3 Å². The van der Waals surface area contributed by atoms with Gasteiger partial charge in [-0.05, 0) is 50.6 Å². The number of anilines is 2. The van der Waals surface area contributed by atoms with Crippen molar-refractivity contribution >= 4 is 40.8 Å². The summed E-state index contributed by atoms with van der Waals surface area (Å²) in [5.41, 5.74) is 0.880. The first-order chi connectivity index (χ1) is 16.1. The van der Waals surface area contributed by atoms with Gasteiger partial charge in [-0.1, -0.05) is 6.07 Å². The Kier molecular flexibility index (Phi) is 9.69. The molecule has 11 nitrogen and oxygen atoms in total. The zero-order valence-corrected chi connectivity index (χ0v) is 18.7. The molecule has 180 valence electrons. The highest BCUT2D eigenvalue weighted by molar-refractivity contribution is 5.94. The molecule has 0 aliphatic heterocycles. The lowest BCUT2D eigenvalue weighted by Gasteiger charge is -2.09. The number of rotatable bonds is 11. The third kappa shape index (κ3) is 9.07. The van der Waals surface area contributed by atoms with E-state index < -0.39 is 29.4 Å². The van der Waals surface area contributed by atoms with Crippen LogP contribution in [0, 0.1) is 10.1 Å². The Bertz CT molecular complexity index is 1050. The molecule has 0 aliphatic carbocycles. The second-order valence-corrected chi connectivity index (χ2v) is 7.45. The van der Waals surface area contributed by atoms with Crippen molar-refractivity contribution in [2.24, 2.45) is 0 Å². The first-order valence-electron chi connectivity index (χ1n) is 10.4. The van der Waals surface area contributed by atoms with Gasteiger partial charge in [-0.25, -0.2) is 4.79 Å². The average Bonchev–Trinajstić information content (AvgIpc) is 2.78. The molecule has 0 unspecified atom stereocenters. The van der Waals surface area contributed by atoms with Gasteiger partial charge >= 0.3 is 11.9 Å². The van der Waals surface area contributed by atoms with Crippen molar-refractivity contribution in [2.75, 3.05) is 17.2 Å². The van der Waals surface area contributed by atoms with E-state index in [0.29, 0.717) is 11.3 Å². The molecule has 0 fully saturated rings. The highest BCUT2D eigenvalue weighted by Crippen LogP contribution is 2.17. The standard InChI is InChI=1S/C23H25N3O8/c1-15(2)34-23(30)16-9-11-17(12-10-16)24-20(27)7-4-8-22(29)33-14-21(28)25-18-5-3-6-19(13-18)26(31)32/h3,5-6,9-13,15H,4,7-8,14H2,1-2H3,(H,24,27)(H,25,28). The minimum Gasteiger partial charge on any atom is -0.459 e. The number of benzene rings is 2. The fourth-order valence-corrected chi connectivity index (χ4v) is 2.70. The van der Waals surface area contributed by atoms with Crippen molar-refractivity contribution in [3.63, 3.8) is 0 Å². The van der Waals surface area contributed by atoms with E-state index in [1.165, 1.54) is 36.4 Å². The molecule has 0 saturated carbocycles. The summed E-state index contributed by atoms with van der Waals surface area (Å²) in [6.07, 6.45) is -0.0552. The normalized spacial score (nSPS) is 10.3. The number of hydrogen-bond donors (Lipinski definition) is 2. The van der Waals surface area contributed by atoms with E-state index in [4.69, 9.17) is 9.47 Å². The first-order valence-corrected chi connectivity index (χ1v) is 10.4. The third-order valence-electron chi connectivity index (χ3n) is 4.24. The summed E-state index contributed by atoms with van der Waals surface area (Å²) in [7, 11) is 0. The number of nitro groups is 1. The van der Waals surface area contributed by atoms with E-state index in [-0.39, 0.29) is 42.6 Å². The van der Waals surface area contributed by atoms with Crippen LogP contribution in [-0.4, -0.2) is 41.4 Å². The maximum atomic E-state index is 12.0. The van der Waals surface area contributed by atoms with E-state index in [1.54, 1.807) is 26.0 Å². The van der Waals surface area contributed by atoms with Crippen molar-refractivity contribution in [3.8, 4) is 0 Å². The molecule has 0 heterocycles. The molecule has 0 aliphatic rings. The molecule has 11 heteroatoms. The van der Waals surface area contributed by atoms with Gasteiger partial charge in [-0.15, -0.1) is 0 Å². The second kappa shape index (κ2) is 12.7. The molecule has 2 amide bonds. The molecule has 0 saturated heterocycles. The summed E-state index contributed by atoms with van der Waals surface area (Å²) in [4.78, 5) is 57.7. The first kappa shape index (κ1) is 26.0. The number of esters is 2. The van der Waals surface area contributed by atoms with Crippen LogP contribution >= 0.6 is 0 Å². The smallest absolute Gasteiger partial charge is 0.338 e. The molecule has 0 spiro atoms. The Morgan fingerprint density at radius 2 is 1.62 bits per heavy atom. The number of nitrogens with one attached hydrogen (secondary N) is 2. The highest BCUT2D eigenvalue weighted by Gasteiger charge is 2.12. The Balaban J connectivity index is 1.67. The summed E-state index contributed by atoms with van der Waals surface area (Å²) in [6.45, 7) is 2.94. The summed E-state index contributed by atoms with van der Waals surface area (Å²) in [5, 5.41) is 15.8. The van der Waals surface area contributed by atoms with E-state index in [2.05, 4.69) is 10.6 Å². The fourth-order valence-electron chi connectivity index (χ4n) is 2.70. The Labute approximate surface area is 195 Å². The minimum atomic E-state index is -0.657.